The zero-order valence-corrected chi connectivity index (χ0v) is 65.1. The maximum atomic E-state index is 16.0. The van der Waals surface area contributed by atoms with E-state index in [2.05, 4.69) is 40.7 Å². The number of carbonyl (C=O) groups excluding carboxylic acids is 2. The molecule has 8 saturated heterocycles. The van der Waals surface area contributed by atoms with E-state index in [-0.39, 0.29) is 24.2 Å². The highest BCUT2D eigenvalue weighted by Crippen LogP contribution is 2.76. The maximum Gasteiger partial charge on any atom is 0.335 e. The quantitative estimate of drug-likeness (QED) is 0.0233. The summed E-state index contributed by atoms with van der Waals surface area (Å²) in [6, 6.07) is 0. The third-order valence-corrected chi connectivity index (χ3v) is 28.6. The van der Waals surface area contributed by atoms with Gasteiger partial charge in [0.05, 0.1) is 62.2 Å². The predicted octanol–water partition coefficient (Wildman–Crippen LogP) is -7.49. The first kappa shape index (κ1) is 89.7. The molecular formula is C75H118O40. The number of carboxylic acid groups (broad SMARTS) is 1. The largest absolute Gasteiger partial charge is 0.479 e. The number of carbonyl (C=O) groups is 3. The Morgan fingerprint density at radius 1 is 0.443 bits per heavy atom. The smallest absolute Gasteiger partial charge is 0.335 e. The van der Waals surface area contributed by atoms with Gasteiger partial charge in [-0.15, -0.1) is 0 Å². The molecule has 0 unspecified atom stereocenters. The number of allylic oxidation sites excluding steroid dienone is 2. The van der Waals surface area contributed by atoms with Gasteiger partial charge >= 0.3 is 11.9 Å². The fourth-order valence-corrected chi connectivity index (χ4v) is 21.4. The first-order valence-electron chi connectivity index (χ1n) is 39.8. The Labute approximate surface area is 661 Å². The number of aldehydes is 1. The lowest BCUT2D eigenvalue weighted by Crippen LogP contribution is -2.69. The van der Waals surface area contributed by atoms with Gasteiger partial charge in [-0.3, -0.25) is 4.79 Å². The number of aliphatic carboxylic acids is 1. The second-order valence-corrected chi connectivity index (χ2v) is 35.8. The molecule has 13 aliphatic rings. The molecule has 40 nitrogen and oxygen atoms in total. The lowest BCUT2D eigenvalue weighted by atomic mass is 9.33. The van der Waals surface area contributed by atoms with E-state index in [9.17, 15) is 117 Å². The van der Waals surface area contributed by atoms with E-state index in [1.807, 2.05) is 0 Å². The Morgan fingerprint density at radius 3 is 1.50 bits per heavy atom. The predicted molar refractivity (Wildman–Crippen MR) is 373 cm³/mol. The molecule has 0 aromatic heterocycles. The molecule has 0 aromatic rings. The van der Waals surface area contributed by atoms with Gasteiger partial charge in [0.25, 0.3) is 0 Å². The van der Waals surface area contributed by atoms with Crippen molar-refractivity contribution in [3.8, 4) is 0 Å². The van der Waals surface area contributed by atoms with Crippen molar-refractivity contribution in [2.75, 3.05) is 33.0 Å². The van der Waals surface area contributed by atoms with Crippen LogP contribution in [0, 0.1) is 50.2 Å². The number of esters is 1. The number of fused-ring (bicyclic) bond motifs is 7. The van der Waals surface area contributed by atoms with Crippen LogP contribution in [0.1, 0.15) is 120 Å². The third kappa shape index (κ3) is 15.9. The molecule has 0 bridgehead atoms. The second kappa shape index (κ2) is 34.2. The monoisotopic (exact) mass is 1660 g/mol. The molecule has 0 spiro atoms. The molecule has 5 aliphatic carbocycles. The topological polar surface area (TPSA) is 624 Å². The molecule has 0 radical (unpaired) electrons. The van der Waals surface area contributed by atoms with Crippen molar-refractivity contribution < 1.29 is 197 Å². The van der Waals surface area contributed by atoms with Crippen LogP contribution in [0.2, 0.25) is 0 Å². The Bertz CT molecular complexity index is 3380. The van der Waals surface area contributed by atoms with Crippen molar-refractivity contribution in [2.45, 2.75) is 353 Å². The summed E-state index contributed by atoms with van der Waals surface area (Å²) in [5, 5.41) is 230. The summed E-state index contributed by atoms with van der Waals surface area (Å²) >= 11 is 0. The van der Waals surface area contributed by atoms with Gasteiger partial charge in [-0.05, 0) is 117 Å². The minimum absolute atomic E-state index is 0.117. The van der Waals surface area contributed by atoms with Crippen LogP contribution in [0.5, 0.6) is 0 Å². The summed E-state index contributed by atoms with van der Waals surface area (Å²) in [5.74, 6) is -3.55. The van der Waals surface area contributed by atoms with Crippen LogP contribution in [0.15, 0.2) is 11.6 Å². The lowest BCUT2D eigenvalue weighted by molar-refractivity contribution is -0.397. The Kier molecular flexibility index (Phi) is 26.7. The fourth-order valence-electron chi connectivity index (χ4n) is 21.4. The molecule has 21 N–H and O–H groups in total. The maximum absolute atomic E-state index is 16.0. The first-order valence-corrected chi connectivity index (χ1v) is 39.8. The third-order valence-electron chi connectivity index (χ3n) is 28.6. The molecule has 0 aromatic carbocycles. The van der Waals surface area contributed by atoms with Crippen molar-refractivity contribution in [2.24, 2.45) is 50.2 Å². The SMILES string of the molecule is C[C@@H]1O[C@@H](O[C@H]2[C@H](OC(=O)[C@]34CCC(C)(C)C[C@H]3C3=CC[C@@H]5[C@@]6(C)CC[C@H](O[C@@H]7O[C@H](C(=O)O)[C@@H](O)[C@H](O[C@@H]8OC[C@@H](O)[C@H](O)[C@H]8O)[C@H]7O[C@@H]7O[C@H](CO)[C@H](O)[C@H](O)[C@H]7O)[C@@](C)(C=O)[C@@H]6CC[C@@]5(C)[C@]3(C)CC4)O[C@H](C)[C@H](O)[C@@H]2O)[C@H](O)[C@H](O[C@@H]2O[C@H](CO)[C@@H](O)[C@H](O)[C@H]2O)[C@H]1O[C@@H]1OC[C@@H](O)[C@H](O[C@@H]2OC[C@@H](O)[C@H](O)[C@H]2O)[C@H]1O. The van der Waals surface area contributed by atoms with Gasteiger partial charge in [-0.1, -0.05) is 53.2 Å². The molecule has 8 heterocycles. The van der Waals surface area contributed by atoms with E-state index in [1.165, 1.54) is 13.8 Å². The summed E-state index contributed by atoms with van der Waals surface area (Å²) in [6.45, 7) is 11.9. The van der Waals surface area contributed by atoms with Crippen molar-refractivity contribution >= 4 is 18.2 Å². The van der Waals surface area contributed by atoms with Gasteiger partial charge in [-0.25, -0.2) is 4.79 Å². The molecule has 13 rings (SSSR count). The number of aliphatic hydroxyl groups excluding tert-OH is 20. The molecule has 12 fully saturated rings. The fraction of sp³-hybridized carbons (Fsp3) is 0.933. The van der Waals surface area contributed by atoms with Crippen molar-refractivity contribution in [3.63, 3.8) is 0 Å². The summed E-state index contributed by atoms with van der Waals surface area (Å²) in [5.41, 5.74) is -3.81. The Balaban J connectivity index is 0.754. The highest BCUT2D eigenvalue weighted by molar-refractivity contribution is 5.79. The van der Waals surface area contributed by atoms with Crippen LogP contribution in [0.4, 0.5) is 0 Å². The van der Waals surface area contributed by atoms with Crippen LogP contribution in [0.25, 0.3) is 0 Å². The minimum atomic E-state index is -2.22. The second-order valence-electron chi connectivity index (χ2n) is 35.8. The van der Waals surface area contributed by atoms with Crippen LogP contribution in [0.3, 0.4) is 0 Å². The van der Waals surface area contributed by atoms with Gasteiger partial charge in [0, 0.05) is 0 Å². The summed E-state index contributed by atoms with van der Waals surface area (Å²) in [7, 11) is 0. The number of aliphatic hydroxyl groups is 20. The molecular weight excluding hydrogens is 1540 g/mol. The van der Waals surface area contributed by atoms with Gasteiger partial charge in [-0.2, -0.15) is 0 Å². The average molecular weight is 1660 g/mol. The van der Waals surface area contributed by atoms with Crippen LogP contribution in [-0.4, -0.2) is 392 Å². The number of hydrogen-bond donors (Lipinski definition) is 21. The summed E-state index contributed by atoms with van der Waals surface area (Å²) in [4.78, 5) is 43.3. The molecule has 40 heteroatoms. The number of rotatable bonds is 20. The van der Waals surface area contributed by atoms with Crippen molar-refractivity contribution in [1.82, 2.24) is 0 Å². The van der Waals surface area contributed by atoms with E-state index < -0.39 is 317 Å². The molecule has 4 saturated carbocycles. The van der Waals surface area contributed by atoms with Crippen molar-refractivity contribution in [3.05, 3.63) is 11.6 Å². The van der Waals surface area contributed by atoms with Gasteiger partial charge in [0.2, 0.25) is 6.29 Å². The van der Waals surface area contributed by atoms with E-state index in [0.717, 1.165) is 11.9 Å². The summed E-state index contributed by atoms with van der Waals surface area (Å²) in [6.07, 6.45) is -62.4. The van der Waals surface area contributed by atoms with Gasteiger partial charge < -0.3 is 188 Å². The van der Waals surface area contributed by atoms with Gasteiger partial charge in [0.15, 0.2) is 56.2 Å². The first-order chi connectivity index (χ1) is 54.0. The molecule has 0 amide bonds. The van der Waals surface area contributed by atoms with E-state index in [4.69, 9.17) is 75.8 Å². The van der Waals surface area contributed by atoms with E-state index in [1.54, 1.807) is 6.92 Å². The highest BCUT2D eigenvalue weighted by atomic mass is 16.8. The Morgan fingerprint density at radius 2 is 0.930 bits per heavy atom. The van der Waals surface area contributed by atoms with Crippen LogP contribution in [-0.2, 0) is 90.2 Å². The minimum Gasteiger partial charge on any atom is -0.479 e. The molecule has 46 atom stereocenters. The number of ether oxygens (including phenoxy) is 16. The standard InChI is InChI=1S/C75H118O40/c1-26-38(82)45(89)58(113-66-52(96)56(111-64-48(92)43(87)41(85)33(20-76)105-64)53(27(2)104-66)108-63-51(95)54(32(81)24-102-63)109-61-46(90)39(83)30(79)22-100-61)67(103-26)115-69(99)75-17-15-70(3,4)19-29(75)28-9-10-36-71(5)13-12-37(72(6,25-78)35(71)11-14-74(36,8)73(28,7)16-18-75)107-68-59(114-65-49(93)44(88)42(86)34(21-77)106-65)55(50(94)57(112-68)60(97)98)110-62-47(91)40(84)31(80)23-101-62/h9,25-27,29-59,61-68,76-77,79-96H,10-24H2,1-8H3,(H,97,98)/t26-,27+,29+,30-,31-,32-,33-,34-,35-,36-,37+,38+,39+,40+,41-,42+,43+,44+,45+,46-,47-,48-,49-,50+,51-,52-,53+,54+,55+,56+,57+,58-,59-,61+,62+,63+,64+,65+,66+,67+,68-,71+,72+,73-,74-,75+/m1/s1. The zero-order chi connectivity index (χ0) is 83.7. The highest BCUT2D eigenvalue weighted by Gasteiger charge is 2.72. The molecule has 8 aliphatic heterocycles. The van der Waals surface area contributed by atoms with Crippen molar-refractivity contribution in [1.29, 1.82) is 0 Å². The van der Waals surface area contributed by atoms with Crippen LogP contribution < -0.4 is 0 Å². The van der Waals surface area contributed by atoms with Gasteiger partial charge in [0.1, 0.15) is 159 Å². The lowest BCUT2D eigenvalue weighted by Gasteiger charge is -2.71. The summed E-state index contributed by atoms with van der Waals surface area (Å²) < 4.78 is 96.8. The number of hydrogen-bond acceptors (Lipinski definition) is 39. The normalized spacial score (nSPS) is 54.7. The zero-order valence-electron chi connectivity index (χ0n) is 65.1. The Hall–Kier alpha value is -3.05. The average Bonchev–Trinajstić information content (AvgIpc) is 0.673. The van der Waals surface area contributed by atoms with E-state index in [0.29, 0.717) is 51.4 Å². The van der Waals surface area contributed by atoms with Crippen LogP contribution >= 0.6 is 0 Å². The van der Waals surface area contributed by atoms with E-state index >= 15 is 4.79 Å². The molecule has 658 valence electrons. The molecule has 115 heavy (non-hydrogen) atoms. The number of carboxylic acids is 1.